The Morgan fingerprint density at radius 3 is 2.35 bits per heavy atom. The van der Waals surface area contributed by atoms with Gasteiger partial charge in [0.1, 0.15) is 0 Å². The first-order valence-corrected chi connectivity index (χ1v) is 13.4. The molecule has 0 amide bonds. The van der Waals surface area contributed by atoms with Crippen LogP contribution in [0.3, 0.4) is 0 Å². The van der Waals surface area contributed by atoms with E-state index >= 15 is 0 Å². The van der Waals surface area contributed by atoms with E-state index in [1.54, 1.807) is 5.57 Å². The molecule has 2 N–H and O–H groups in total. The highest BCUT2D eigenvalue weighted by atomic mass is 16.3. The average molecular weight is 431 g/mol. The molecule has 0 radical (unpaired) electrons. The van der Waals surface area contributed by atoms with Crippen LogP contribution < -0.4 is 0 Å². The van der Waals surface area contributed by atoms with E-state index in [0.717, 1.165) is 25.2 Å². The molecular weight excluding hydrogens is 380 g/mol. The number of aliphatic hydroxyl groups is 2. The minimum absolute atomic E-state index is 0.0263. The van der Waals surface area contributed by atoms with Crippen LogP contribution in [0.4, 0.5) is 0 Å². The molecule has 0 aromatic heterocycles. The summed E-state index contributed by atoms with van der Waals surface area (Å²) in [7, 11) is 0. The molecule has 4 rings (SSSR count). The summed E-state index contributed by atoms with van der Waals surface area (Å²) >= 11 is 0. The Labute approximate surface area is 192 Å². The van der Waals surface area contributed by atoms with E-state index in [9.17, 15) is 10.2 Å². The molecule has 0 spiro atoms. The van der Waals surface area contributed by atoms with Crippen molar-refractivity contribution in [2.45, 2.75) is 124 Å². The highest BCUT2D eigenvalue weighted by molar-refractivity contribution is 5.20. The lowest BCUT2D eigenvalue weighted by molar-refractivity contribution is -0.147. The van der Waals surface area contributed by atoms with E-state index in [2.05, 4.69) is 54.5 Å². The van der Waals surface area contributed by atoms with Crippen LogP contribution in [0.1, 0.15) is 113 Å². The number of fused-ring (bicyclic) bond motifs is 2. The Kier molecular flexibility index (Phi) is 6.04. The largest absolute Gasteiger partial charge is 0.393 e. The van der Waals surface area contributed by atoms with Crippen LogP contribution in [0.15, 0.2) is 11.6 Å². The van der Waals surface area contributed by atoms with E-state index < -0.39 is 5.60 Å². The van der Waals surface area contributed by atoms with Gasteiger partial charge in [-0.3, -0.25) is 0 Å². The Morgan fingerprint density at radius 1 is 0.935 bits per heavy atom. The SMILES string of the molecule is CC1CCC2C(C)(C)C(O)CCC2(C)C1CC=C1CCCC2(C)CCC(C)(O)C(C)C12. The Balaban J connectivity index is 1.62. The van der Waals surface area contributed by atoms with Crippen molar-refractivity contribution in [1.29, 1.82) is 0 Å². The van der Waals surface area contributed by atoms with E-state index in [4.69, 9.17) is 0 Å². The maximum Gasteiger partial charge on any atom is 0.0651 e. The average Bonchev–Trinajstić information content (AvgIpc) is 2.68. The zero-order chi connectivity index (χ0) is 22.8. The van der Waals surface area contributed by atoms with E-state index in [1.165, 1.54) is 44.9 Å². The van der Waals surface area contributed by atoms with Crippen molar-refractivity contribution in [3.05, 3.63) is 11.6 Å². The maximum atomic E-state index is 11.1. The zero-order valence-electron chi connectivity index (χ0n) is 21.5. The van der Waals surface area contributed by atoms with Crippen LogP contribution in [0.2, 0.25) is 0 Å². The molecule has 0 aromatic rings. The smallest absolute Gasteiger partial charge is 0.0651 e. The van der Waals surface area contributed by atoms with E-state index in [1.807, 2.05) is 0 Å². The van der Waals surface area contributed by atoms with Gasteiger partial charge in [-0.25, -0.2) is 0 Å². The molecule has 4 aliphatic carbocycles. The molecule has 2 nitrogen and oxygen atoms in total. The molecular formula is C29H50O2. The molecule has 0 heterocycles. The first-order chi connectivity index (χ1) is 14.3. The van der Waals surface area contributed by atoms with Crippen molar-refractivity contribution >= 4 is 0 Å². The molecule has 9 unspecified atom stereocenters. The standard InChI is InChI=1S/C29H50O2/c1-19-10-13-23-26(3,4)24(30)14-16-28(23,6)22(19)12-11-21-9-8-15-27(5)17-18-29(7,31)20(2)25(21)27/h11,19-20,22-25,30-31H,8-10,12-18H2,1-7H3. The third kappa shape index (κ3) is 3.76. The molecule has 2 heteroatoms. The van der Waals surface area contributed by atoms with Crippen molar-refractivity contribution in [3.8, 4) is 0 Å². The minimum atomic E-state index is -0.528. The van der Waals surface area contributed by atoms with Crippen LogP contribution in [-0.2, 0) is 0 Å². The van der Waals surface area contributed by atoms with Gasteiger partial charge in [-0.2, -0.15) is 0 Å². The predicted octanol–water partition coefficient (Wildman–Crippen LogP) is 7.14. The number of allylic oxidation sites excluding steroid dienone is 2. The summed E-state index contributed by atoms with van der Waals surface area (Å²) in [5, 5.41) is 21.9. The van der Waals surface area contributed by atoms with E-state index in [-0.39, 0.29) is 11.5 Å². The lowest BCUT2D eigenvalue weighted by Crippen LogP contribution is -2.55. The fourth-order valence-corrected chi connectivity index (χ4v) is 9.30. The van der Waals surface area contributed by atoms with Crippen molar-refractivity contribution in [3.63, 3.8) is 0 Å². The summed E-state index contributed by atoms with van der Waals surface area (Å²) in [6, 6.07) is 0. The zero-order valence-corrected chi connectivity index (χ0v) is 21.5. The van der Waals surface area contributed by atoms with Crippen molar-refractivity contribution < 1.29 is 10.2 Å². The first-order valence-electron chi connectivity index (χ1n) is 13.4. The first kappa shape index (κ1) is 23.8. The molecule has 9 atom stereocenters. The van der Waals surface area contributed by atoms with Crippen molar-refractivity contribution in [2.75, 3.05) is 0 Å². The third-order valence-corrected chi connectivity index (χ3v) is 11.6. The Hall–Kier alpha value is -0.340. The Morgan fingerprint density at radius 2 is 1.65 bits per heavy atom. The van der Waals surface area contributed by atoms with Gasteiger partial charge in [0.25, 0.3) is 0 Å². The molecule has 0 aliphatic heterocycles. The topological polar surface area (TPSA) is 40.5 Å². The normalized spacial score (nSPS) is 53.6. The molecule has 178 valence electrons. The molecule has 0 bridgehead atoms. The second kappa shape index (κ2) is 7.86. The quantitative estimate of drug-likeness (QED) is 0.457. The fraction of sp³-hybridized carbons (Fsp3) is 0.931. The summed E-state index contributed by atoms with van der Waals surface area (Å²) in [5.74, 6) is 2.96. The lowest BCUT2D eigenvalue weighted by Gasteiger charge is -2.60. The summed E-state index contributed by atoms with van der Waals surface area (Å²) in [6.07, 6.45) is 14.4. The van der Waals surface area contributed by atoms with Gasteiger partial charge < -0.3 is 10.2 Å². The van der Waals surface area contributed by atoms with Crippen molar-refractivity contribution in [2.24, 2.45) is 45.8 Å². The van der Waals surface area contributed by atoms with Crippen LogP contribution >= 0.6 is 0 Å². The minimum Gasteiger partial charge on any atom is -0.393 e. The number of hydrogen-bond donors (Lipinski definition) is 2. The van der Waals surface area contributed by atoms with E-state index in [0.29, 0.717) is 34.5 Å². The maximum absolute atomic E-state index is 11.1. The van der Waals surface area contributed by atoms with Gasteiger partial charge in [0.2, 0.25) is 0 Å². The van der Waals surface area contributed by atoms with Crippen LogP contribution in [-0.4, -0.2) is 21.9 Å². The monoisotopic (exact) mass is 430 g/mol. The molecule has 31 heavy (non-hydrogen) atoms. The number of aliphatic hydroxyl groups excluding tert-OH is 1. The summed E-state index contributed by atoms with van der Waals surface area (Å²) in [4.78, 5) is 0. The highest BCUT2D eigenvalue weighted by Gasteiger charge is 2.56. The van der Waals surface area contributed by atoms with Crippen LogP contribution in [0.5, 0.6) is 0 Å². The van der Waals surface area contributed by atoms with Gasteiger partial charge in [-0.15, -0.1) is 0 Å². The highest BCUT2D eigenvalue weighted by Crippen LogP contribution is 2.62. The lowest BCUT2D eigenvalue weighted by atomic mass is 9.45. The summed E-state index contributed by atoms with van der Waals surface area (Å²) < 4.78 is 0. The molecule has 4 saturated carbocycles. The molecule has 4 aliphatic rings. The molecule has 4 fully saturated rings. The number of hydrogen-bond acceptors (Lipinski definition) is 2. The van der Waals surface area contributed by atoms with Crippen LogP contribution in [0, 0.1) is 45.8 Å². The fourth-order valence-electron chi connectivity index (χ4n) is 9.30. The number of rotatable bonds is 2. The van der Waals surface area contributed by atoms with Gasteiger partial charge in [0.15, 0.2) is 0 Å². The van der Waals surface area contributed by atoms with Gasteiger partial charge in [0, 0.05) is 0 Å². The van der Waals surface area contributed by atoms with Gasteiger partial charge in [-0.1, -0.05) is 59.6 Å². The summed E-state index contributed by atoms with van der Waals surface area (Å²) in [6.45, 7) is 16.6. The predicted molar refractivity (Wildman–Crippen MR) is 130 cm³/mol. The third-order valence-electron chi connectivity index (χ3n) is 11.6. The van der Waals surface area contributed by atoms with Gasteiger partial charge >= 0.3 is 0 Å². The second-order valence-electron chi connectivity index (χ2n) is 13.7. The van der Waals surface area contributed by atoms with Gasteiger partial charge in [-0.05, 0) is 111 Å². The molecule has 0 aromatic carbocycles. The van der Waals surface area contributed by atoms with Crippen molar-refractivity contribution in [1.82, 2.24) is 0 Å². The molecule has 0 saturated heterocycles. The van der Waals surface area contributed by atoms with Crippen LogP contribution in [0.25, 0.3) is 0 Å². The summed E-state index contributed by atoms with van der Waals surface area (Å²) in [5.41, 5.74) is 1.86. The Bertz CT molecular complexity index is 706. The van der Waals surface area contributed by atoms with Gasteiger partial charge in [0.05, 0.1) is 11.7 Å². The second-order valence-corrected chi connectivity index (χ2v) is 13.7.